The number of carbonyl (C=O) groups is 1. The highest BCUT2D eigenvalue weighted by molar-refractivity contribution is 7.89. The summed E-state index contributed by atoms with van der Waals surface area (Å²) in [4.78, 5) is 24.9. The van der Waals surface area contributed by atoms with E-state index in [1.165, 1.54) is 43.4 Å². The zero-order chi connectivity index (χ0) is 15.6. The number of benzene rings is 1. The molecule has 0 amide bonds. The lowest BCUT2D eigenvalue weighted by molar-refractivity contribution is 0.0695. The summed E-state index contributed by atoms with van der Waals surface area (Å²) in [6.07, 6.45) is 0. The summed E-state index contributed by atoms with van der Waals surface area (Å²) < 4.78 is 25.4. The molecule has 2 aromatic rings. The SMILES string of the molecule is CNS(=O)(=O)c1ccc(-c2ccc(C(=O)O)c(=O)[nH]2)cc1. The molecular weight excluding hydrogens is 296 g/mol. The minimum absolute atomic E-state index is 0.0956. The average molecular weight is 308 g/mol. The fraction of sp³-hybridized carbons (Fsp3) is 0.0769. The number of nitrogens with one attached hydrogen (secondary N) is 2. The van der Waals surface area contributed by atoms with E-state index in [2.05, 4.69) is 9.71 Å². The van der Waals surface area contributed by atoms with Crippen molar-refractivity contribution in [3.8, 4) is 11.3 Å². The molecule has 0 aliphatic rings. The summed E-state index contributed by atoms with van der Waals surface area (Å²) in [6.45, 7) is 0. The molecule has 1 aromatic heterocycles. The number of rotatable bonds is 4. The topological polar surface area (TPSA) is 116 Å². The Kier molecular flexibility index (Phi) is 3.92. The molecule has 7 nitrogen and oxygen atoms in total. The molecule has 0 fully saturated rings. The third-order valence-corrected chi connectivity index (χ3v) is 4.31. The Balaban J connectivity index is 2.42. The maximum absolute atomic E-state index is 11.6. The van der Waals surface area contributed by atoms with Crippen molar-refractivity contribution in [1.29, 1.82) is 0 Å². The molecule has 0 atom stereocenters. The zero-order valence-corrected chi connectivity index (χ0v) is 11.8. The summed E-state index contributed by atoms with van der Waals surface area (Å²) in [6, 6.07) is 8.49. The Morgan fingerprint density at radius 3 is 2.24 bits per heavy atom. The first-order chi connectivity index (χ1) is 9.85. The molecule has 0 unspecified atom stereocenters. The van der Waals surface area contributed by atoms with Crippen LogP contribution in [-0.4, -0.2) is 31.5 Å². The minimum Gasteiger partial charge on any atom is -0.477 e. The minimum atomic E-state index is -3.52. The van der Waals surface area contributed by atoms with Crippen LogP contribution in [-0.2, 0) is 10.0 Å². The molecule has 2 rings (SSSR count). The molecule has 3 N–H and O–H groups in total. The lowest BCUT2D eigenvalue weighted by atomic mass is 10.1. The third kappa shape index (κ3) is 3.01. The average Bonchev–Trinajstić information content (AvgIpc) is 2.47. The van der Waals surface area contributed by atoms with Gasteiger partial charge in [-0.05, 0) is 36.9 Å². The number of H-pyrrole nitrogens is 1. The van der Waals surface area contributed by atoms with Crippen molar-refractivity contribution in [3.05, 3.63) is 52.3 Å². The Morgan fingerprint density at radius 1 is 1.14 bits per heavy atom. The first kappa shape index (κ1) is 14.9. The molecule has 21 heavy (non-hydrogen) atoms. The van der Waals surface area contributed by atoms with Crippen LogP contribution in [0.2, 0.25) is 0 Å². The number of pyridine rings is 1. The molecule has 110 valence electrons. The highest BCUT2D eigenvalue weighted by Gasteiger charge is 2.12. The molecule has 1 heterocycles. The van der Waals surface area contributed by atoms with Gasteiger partial charge in [0.2, 0.25) is 10.0 Å². The van der Waals surface area contributed by atoms with E-state index in [0.717, 1.165) is 0 Å². The van der Waals surface area contributed by atoms with Gasteiger partial charge < -0.3 is 10.1 Å². The van der Waals surface area contributed by atoms with Gasteiger partial charge in [-0.1, -0.05) is 12.1 Å². The van der Waals surface area contributed by atoms with Crippen LogP contribution in [0.25, 0.3) is 11.3 Å². The van der Waals surface area contributed by atoms with E-state index in [9.17, 15) is 18.0 Å². The second-order valence-corrected chi connectivity index (χ2v) is 6.04. The van der Waals surface area contributed by atoms with Gasteiger partial charge in [0.15, 0.2) is 0 Å². The fourth-order valence-corrected chi connectivity index (χ4v) is 2.47. The van der Waals surface area contributed by atoms with E-state index in [1.807, 2.05) is 0 Å². The molecule has 0 bridgehead atoms. The maximum Gasteiger partial charge on any atom is 0.341 e. The predicted molar refractivity (Wildman–Crippen MR) is 75.7 cm³/mol. The van der Waals surface area contributed by atoms with Gasteiger partial charge in [-0.15, -0.1) is 0 Å². The van der Waals surface area contributed by atoms with Gasteiger partial charge in [0, 0.05) is 5.69 Å². The lowest BCUT2D eigenvalue weighted by Crippen LogP contribution is -2.18. The first-order valence-corrected chi connectivity index (χ1v) is 7.34. The largest absolute Gasteiger partial charge is 0.477 e. The van der Waals surface area contributed by atoms with E-state index in [-0.39, 0.29) is 10.5 Å². The molecule has 0 aliphatic carbocycles. The standard InChI is InChI=1S/C13H12N2O5S/c1-14-21(19,20)9-4-2-8(3-5-9)11-7-6-10(13(17)18)12(16)15-11/h2-7,14H,1H3,(H,15,16)(H,17,18). The number of carboxylic acids is 1. The number of carboxylic acid groups (broad SMARTS) is 1. The maximum atomic E-state index is 11.6. The number of hydrogen-bond acceptors (Lipinski definition) is 4. The van der Waals surface area contributed by atoms with E-state index in [1.54, 1.807) is 0 Å². The van der Waals surface area contributed by atoms with Crippen LogP contribution in [0.5, 0.6) is 0 Å². The molecule has 8 heteroatoms. The van der Waals surface area contributed by atoms with Crippen molar-refractivity contribution in [2.24, 2.45) is 0 Å². The molecule has 0 saturated carbocycles. The smallest absolute Gasteiger partial charge is 0.341 e. The zero-order valence-electron chi connectivity index (χ0n) is 11.0. The Hall–Kier alpha value is -2.45. The van der Waals surface area contributed by atoms with Crippen LogP contribution in [0, 0.1) is 0 Å². The number of sulfonamides is 1. The second-order valence-electron chi connectivity index (χ2n) is 4.15. The number of aromatic amines is 1. The van der Waals surface area contributed by atoms with Crippen molar-refractivity contribution < 1.29 is 18.3 Å². The van der Waals surface area contributed by atoms with Crippen LogP contribution in [0.4, 0.5) is 0 Å². The Labute approximate surface area is 120 Å². The number of aromatic nitrogens is 1. The quantitative estimate of drug-likeness (QED) is 0.766. The van der Waals surface area contributed by atoms with Crippen LogP contribution in [0.15, 0.2) is 46.1 Å². The molecule has 0 radical (unpaired) electrons. The van der Waals surface area contributed by atoms with E-state index in [4.69, 9.17) is 5.11 Å². The summed E-state index contributed by atoms with van der Waals surface area (Å²) in [5.41, 5.74) is -0.0995. The lowest BCUT2D eigenvalue weighted by Gasteiger charge is -2.05. The Bertz CT molecular complexity index is 838. The molecular formula is C13H12N2O5S. The first-order valence-electron chi connectivity index (χ1n) is 5.86. The highest BCUT2D eigenvalue weighted by Crippen LogP contribution is 2.18. The summed E-state index contributed by atoms with van der Waals surface area (Å²) in [7, 11) is -2.21. The summed E-state index contributed by atoms with van der Waals surface area (Å²) in [5, 5.41) is 8.79. The summed E-state index contributed by atoms with van der Waals surface area (Å²) in [5.74, 6) is -1.31. The molecule has 1 aromatic carbocycles. The molecule has 0 aliphatic heterocycles. The van der Waals surface area contributed by atoms with Gasteiger partial charge >= 0.3 is 5.97 Å². The van der Waals surface area contributed by atoms with Crippen molar-refractivity contribution in [3.63, 3.8) is 0 Å². The van der Waals surface area contributed by atoms with Crippen molar-refractivity contribution >= 4 is 16.0 Å². The number of hydrogen-bond donors (Lipinski definition) is 3. The van der Waals surface area contributed by atoms with Crippen molar-refractivity contribution in [2.75, 3.05) is 7.05 Å². The van der Waals surface area contributed by atoms with Crippen LogP contribution in [0.3, 0.4) is 0 Å². The van der Waals surface area contributed by atoms with Gasteiger partial charge in [0.1, 0.15) is 5.56 Å². The third-order valence-electron chi connectivity index (χ3n) is 2.88. The van der Waals surface area contributed by atoms with Gasteiger partial charge in [-0.2, -0.15) is 0 Å². The van der Waals surface area contributed by atoms with Crippen LogP contribution in [0.1, 0.15) is 10.4 Å². The second kappa shape index (κ2) is 5.51. The Morgan fingerprint density at radius 2 is 1.76 bits per heavy atom. The number of aromatic carboxylic acids is 1. The van der Waals surface area contributed by atoms with Crippen molar-refractivity contribution in [1.82, 2.24) is 9.71 Å². The van der Waals surface area contributed by atoms with Gasteiger partial charge in [-0.25, -0.2) is 17.9 Å². The van der Waals surface area contributed by atoms with Gasteiger partial charge in [0.05, 0.1) is 4.90 Å². The van der Waals surface area contributed by atoms with Gasteiger partial charge in [-0.3, -0.25) is 4.79 Å². The van der Waals surface area contributed by atoms with E-state index >= 15 is 0 Å². The summed E-state index contributed by atoms with van der Waals surface area (Å²) >= 11 is 0. The normalized spacial score (nSPS) is 11.3. The monoisotopic (exact) mass is 308 g/mol. The van der Waals surface area contributed by atoms with E-state index < -0.39 is 21.6 Å². The van der Waals surface area contributed by atoms with E-state index in [0.29, 0.717) is 11.3 Å². The van der Waals surface area contributed by atoms with Gasteiger partial charge in [0.25, 0.3) is 5.56 Å². The van der Waals surface area contributed by atoms with Crippen molar-refractivity contribution in [2.45, 2.75) is 4.90 Å². The van der Waals surface area contributed by atoms with Crippen LogP contribution >= 0.6 is 0 Å². The predicted octanol–water partition coefficient (Wildman–Crippen LogP) is 0.648. The highest BCUT2D eigenvalue weighted by atomic mass is 32.2. The molecule has 0 spiro atoms. The fourth-order valence-electron chi connectivity index (χ4n) is 1.74. The molecule has 0 saturated heterocycles. The van der Waals surface area contributed by atoms with Crippen LogP contribution < -0.4 is 10.3 Å².